The molecule has 3 atom stereocenters. The van der Waals surface area contributed by atoms with Crippen molar-refractivity contribution >= 4 is 0 Å². The highest BCUT2D eigenvalue weighted by molar-refractivity contribution is 5.21. The summed E-state index contributed by atoms with van der Waals surface area (Å²) < 4.78 is 5.67. The van der Waals surface area contributed by atoms with Gasteiger partial charge in [-0.3, -0.25) is 0 Å². The molecule has 0 N–H and O–H groups in total. The molecule has 1 nitrogen and oxygen atoms in total. The maximum Gasteiger partial charge on any atom is 0.0845 e. The Morgan fingerprint density at radius 2 is 2.42 bits per heavy atom. The van der Waals surface area contributed by atoms with E-state index in [2.05, 4.69) is 25.7 Å². The number of hydrogen-bond donors (Lipinski definition) is 0. The van der Waals surface area contributed by atoms with E-state index in [0.29, 0.717) is 12.0 Å². The molecule has 12 heavy (non-hydrogen) atoms. The van der Waals surface area contributed by atoms with Crippen molar-refractivity contribution < 1.29 is 4.74 Å². The molecule has 0 spiro atoms. The molecule has 0 unspecified atom stereocenters. The fraction of sp³-hybridized carbons (Fsp3) is 0.636. The average Bonchev–Trinajstić information content (AvgIpc) is 2.43. The van der Waals surface area contributed by atoms with Gasteiger partial charge in [0.15, 0.2) is 0 Å². The number of rotatable bonds is 2. The predicted molar refractivity (Wildman–Crippen MR) is 49.9 cm³/mol. The Hall–Kier alpha value is -0.560. The molecule has 0 amide bonds. The van der Waals surface area contributed by atoms with E-state index in [9.17, 15) is 0 Å². The molecule has 2 bridgehead atoms. The summed E-state index contributed by atoms with van der Waals surface area (Å²) >= 11 is 0. The number of fused-ring (bicyclic) bond motifs is 2. The van der Waals surface area contributed by atoms with Gasteiger partial charge in [-0.1, -0.05) is 18.7 Å². The quantitative estimate of drug-likeness (QED) is 0.570. The third-order valence-electron chi connectivity index (χ3n) is 2.87. The number of hydrogen-bond acceptors (Lipinski definition) is 1. The standard InChI is InChI=1S/C11H16O/c1-3-12-11-8(2)6-9-4-5-10(11)7-9/h4-5,9-11H,2-3,6-7H2,1H3/t9-,10-,11+/m1/s1. The lowest BCUT2D eigenvalue weighted by Crippen LogP contribution is -2.28. The summed E-state index contributed by atoms with van der Waals surface area (Å²) in [6, 6.07) is 0. The molecule has 0 heterocycles. The van der Waals surface area contributed by atoms with E-state index in [1.54, 1.807) is 0 Å². The topological polar surface area (TPSA) is 9.23 Å². The summed E-state index contributed by atoms with van der Waals surface area (Å²) in [5.41, 5.74) is 1.29. The van der Waals surface area contributed by atoms with Crippen molar-refractivity contribution in [3.63, 3.8) is 0 Å². The third kappa shape index (κ3) is 1.22. The minimum atomic E-state index is 0.310. The molecule has 0 aliphatic heterocycles. The van der Waals surface area contributed by atoms with E-state index in [4.69, 9.17) is 4.74 Å². The van der Waals surface area contributed by atoms with Gasteiger partial charge in [-0.05, 0) is 31.3 Å². The molecule has 2 aliphatic carbocycles. The Labute approximate surface area is 74.1 Å². The van der Waals surface area contributed by atoms with Crippen molar-refractivity contribution in [2.45, 2.75) is 25.9 Å². The first-order valence-corrected chi connectivity index (χ1v) is 4.79. The third-order valence-corrected chi connectivity index (χ3v) is 2.87. The molecule has 0 radical (unpaired) electrons. The van der Waals surface area contributed by atoms with Crippen LogP contribution in [0.25, 0.3) is 0 Å². The fourth-order valence-corrected chi connectivity index (χ4v) is 2.36. The van der Waals surface area contributed by atoms with Crippen molar-refractivity contribution in [2.75, 3.05) is 6.61 Å². The molecular formula is C11H16O. The van der Waals surface area contributed by atoms with Gasteiger partial charge in [-0.25, -0.2) is 0 Å². The van der Waals surface area contributed by atoms with Gasteiger partial charge >= 0.3 is 0 Å². The molecule has 2 aliphatic rings. The fourth-order valence-electron chi connectivity index (χ4n) is 2.36. The first-order chi connectivity index (χ1) is 5.81. The lowest BCUT2D eigenvalue weighted by molar-refractivity contribution is 0.0444. The van der Waals surface area contributed by atoms with Crippen LogP contribution in [0.5, 0.6) is 0 Å². The highest BCUT2D eigenvalue weighted by atomic mass is 16.5. The second kappa shape index (κ2) is 3.06. The molecule has 1 heteroatoms. The second-order valence-corrected chi connectivity index (χ2v) is 3.78. The van der Waals surface area contributed by atoms with Gasteiger partial charge in [0.25, 0.3) is 0 Å². The highest BCUT2D eigenvalue weighted by Gasteiger charge is 2.34. The largest absolute Gasteiger partial charge is 0.374 e. The second-order valence-electron chi connectivity index (χ2n) is 3.78. The maximum absolute atomic E-state index is 5.67. The summed E-state index contributed by atoms with van der Waals surface area (Å²) in [7, 11) is 0. The van der Waals surface area contributed by atoms with Crippen LogP contribution in [0.2, 0.25) is 0 Å². The van der Waals surface area contributed by atoms with Crippen LogP contribution >= 0.6 is 0 Å². The molecule has 1 fully saturated rings. The van der Waals surface area contributed by atoms with Crippen molar-refractivity contribution in [1.29, 1.82) is 0 Å². The predicted octanol–water partition coefficient (Wildman–Crippen LogP) is 2.54. The number of ether oxygens (including phenoxy) is 1. The Morgan fingerprint density at radius 3 is 3.17 bits per heavy atom. The van der Waals surface area contributed by atoms with Crippen LogP contribution < -0.4 is 0 Å². The van der Waals surface area contributed by atoms with Gasteiger partial charge in [0.05, 0.1) is 6.10 Å². The summed E-state index contributed by atoms with van der Waals surface area (Å²) in [6.07, 6.45) is 7.37. The van der Waals surface area contributed by atoms with E-state index >= 15 is 0 Å². The molecule has 2 rings (SSSR count). The van der Waals surface area contributed by atoms with Crippen molar-refractivity contribution in [1.82, 2.24) is 0 Å². The van der Waals surface area contributed by atoms with Crippen LogP contribution in [0.1, 0.15) is 19.8 Å². The van der Waals surface area contributed by atoms with Gasteiger partial charge in [-0.15, -0.1) is 0 Å². The van der Waals surface area contributed by atoms with Crippen molar-refractivity contribution in [3.8, 4) is 0 Å². The smallest absolute Gasteiger partial charge is 0.0845 e. The molecule has 0 saturated heterocycles. The zero-order valence-corrected chi connectivity index (χ0v) is 7.62. The lowest BCUT2D eigenvalue weighted by atomic mass is 9.82. The number of allylic oxidation sites excluding steroid dienone is 1. The van der Waals surface area contributed by atoms with E-state index in [1.165, 1.54) is 12.0 Å². The highest BCUT2D eigenvalue weighted by Crippen LogP contribution is 2.40. The summed E-state index contributed by atoms with van der Waals surface area (Å²) in [6.45, 7) is 6.95. The van der Waals surface area contributed by atoms with E-state index in [0.717, 1.165) is 18.9 Å². The van der Waals surface area contributed by atoms with E-state index in [-0.39, 0.29) is 0 Å². The van der Waals surface area contributed by atoms with Gasteiger partial charge in [0.1, 0.15) is 0 Å². The Balaban J connectivity index is 2.09. The maximum atomic E-state index is 5.67. The van der Waals surface area contributed by atoms with Gasteiger partial charge in [0.2, 0.25) is 0 Å². The van der Waals surface area contributed by atoms with Crippen LogP contribution in [0.4, 0.5) is 0 Å². The van der Waals surface area contributed by atoms with Crippen LogP contribution in [0.3, 0.4) is 0 Å². The summed E-state index contributed by atoms with van der Waals surface area (Å²) in [5.74, 6) is 1.38. The van der Waals surface area contributed by atoms with Crippen molar-refractivity contribution in [3.05, 3.63) is 24.3 Å². The molecular weight excluding hydrogens is 148 g/mol. The first-order valence-electron chi connectivity index (χ1n) is 4.79. The van der Waals surface area contributed by atoms with Crippen LogP contribution in [0, 0.1) is 11.8 Å². The lowest BCUT2D eigenvalue weighted by Gasteiger charge is -2.30. The SMILES string of the molecule is C=C1C[C@H]2C=C[C@H](C2)[C@H]1OCC. The average molecular weight is 164 g/mol. The minimum absolute atomic E-state index is 0.310. The zero-order chi connectivity index (χ0) is 8.55. The summed E-state index contributed by atoms with van der Waals surface area (Å²) in [5, 5.41) is 0. The molecule has 66 valence electrons. The Morgan fingerprint density at radius 1 is 1.58 bits per heavy atom. The first kappa shape index (κ1) is 8.06. The van der Waals surface area contributed by atoms with E-state index in [1.807, 2.05) is 0 Å². The van der Waals surface area contributed by atoms with Crippen LogP contribution in [-0.4, -0.2) is 12.7 Å². The van der Waals surface area contributed by atoms with Crippen molar-refractivity contribution in [2.24, 2.45) is 11.8 Å². The van der Waals surface area contributed by atoms with Gasteiger partial charge in [0, 0.05) is 12.5 Å². The van der Waals surface area contributed by atoms with E-state index < -0.39 is 0 Å². The normalized spacial score (nSPS) is 39.1. The zero-order valence-electron chi connectivity index (χ0n) is 7.62. The Kier molecular flexibility index (Phi) is 2.05. The van der Waals surface area contributed by atoms with Crippen LogP contribution in [0.15, 0.2) is 24.3 Å². The van der Waals surface area contributed by atoms with Gasteiger partial charge < -0.3 is 4.74 Å². The van der Waals surface area contributed by atoms with Gasteiger partial charge in [-0.2, -0.15) is 0 Å². The monoisotopic (exact) mass is 164 g/mol. The Bertz CT molecular complexity index is 217. The molecule has 0 aromatic rings. The molecule has 0 aromatic carbocycles. The molecule has 0 aromatic heterocycles. The molecule has 1 saturated carbocycles. The summed E-state index contributed by atoms with van der Waals surface area (Å²) in [4.78, 5) is 0. The minimum Gasteiger partial charge on any atom is -0.374 e. The van der Waals surface area contributed by atoms with Crippen LogP contribution in [-0.2, 0) is 4.74 Å².